The molecule has 2 aromatic heterocycles. The van der Waals surface area contributed by atoms with Gasteiger partial charge in [0.25, 0.3) is 0 Å². The van der Waals surface area contributed by atoms with E-state index in [9.17, 15) is 0 Å². The van der Waals surface area contributed by atoms with Crippen LogP contribution in [0.15, 0.2) is 41.7 Å². The van der Waals surface area contributed by atoms with E-state index in [1.54, 1.807) is 18.5 Å². The van der Waals surface area contributed by atoms with E-state index in [1.807, 2.05) is 32.2 Å². The Morgan fingerprint density at radius 3 is 2.88 bits per heavy atom. The van der Waals surface area contributed by atoms with Gasteiger partial charge in [-0.25, -0.2) is 9.97 Å². The van der Waals surface area contributed by atoms with Gasteiger partial charge in [0.15, 0.2) is 5.82 Å². The second-order valence-electron chi connectivity index (χ2n) is 6.45. The van der Waals surface area contributed by atoms with Crippen molar-refractivity contribution >= 4 is 17.7 Å². The summed E-state index contributed by atoms with van der Waals surface area (Å²) in [5, 5.41) is 7.02. The highest BCUT2D eigenvalue weighted by Crippen LogP contribution is 2.29. The molecule has 0 radical (unpaired) electrons. The Balaban J connectivity index is 1.95. The maximum Gasteiger partial charge on any atom is 0.180 e. The zero-order valence-corrected chi connectivity index (χ0v) is 15.3. The molecular weight excluding hydrogens is 324 g/mol. The summed E-state index contributed by atoms with van der Waals surface area (Å²) in [5.74, 6) is 1.66. The molecule has 0 aliphatic heterocycles. The van der Waals surface area contributed by atoms with Gasteiger partial charge in [-0.2, -0.15) is 0 Å². The standard InChI is InChI=1S/C20H24N6/c1-15(22-13-7-11-21)14-26(2)20-16-8-3-4-9-17(16)24-19(25-20)18-10-5-6-12-23-18/h5-7,10-13,21H,3-4,8-9,14H2,1-2H3/b13-7-,21-11?,22-15?. The van der Waals surface area contributed by atoms with Crippen molar-refractivity contribution in [3.8, 4) is 11.5 Å². The van der Waals surface area contributed by atoms with Crippen LogP contribution in [0.3, 0.4) is 0 Å². The van der Waals surface area contributed by atoms with Crippen molar-refractivity contribution in [1.82, 2.24) is 15.0 Å². The fourth-order valence-electron chi connectivity index (χ4n) is 3.17. The number of aromatic nitrogens is 3. The Morgan fingerprint density at radius 1 is 1.27 bits per heavy atom. The van der Waals surface area contributed by atoms with Gasteiger partial charge in [-0.15, -0.1) is 0 Å². The van der Waals surface area contributed by atoms with Crippen LogP contribution in [0.4, 0.5) is 5.82 Å². The molecule has 134 valence electrons. The van der Waals surface area contributed by atoms with Crippen LogP contribution in [-0.4, -0.2) is 40.5 Å². The van der Waals surface area contributed by atoms with Crippen LogP contribution in [-0.2, 0) is 12.8 Å². The summed E-state index contributed by atoms with van der Waals surface area (Å²) >= 11 is 0. The van der Waals surface area contributed by atoms with Crippen LogP contribution in [0.5, 0.6) is 0 Å². The van der Waals surface area contributed by atoms with E-state index < -0.39 is 0 Å². The molecule has 26 heavy (non-hydrogen) atoms. The lowest BCUT2D eigenvalue weighted by Gasteiger charge is -2.25. The Labute approximate surface area is 154 Å². The molecule has 6 nitrogen and oxygen atoms in total. The molecule has 1 aliphatic carbocycles. The minimum Gasteiger partial charge on any atom is -0.354 e. The van der Waals surface area contributed by atoms with E-state index in [4.69, 9.17) is 15.4 Å². The number of nitrogens with zero attached hydrogens (tertiary/aromatic N) is 5. The lowest BCUT2D eigenvalue weighted by Crippen LogP contribution is -2.27. The molecule has 0 saturated carbocycles. The third-order valence-corrected chi connectivity index (χ3v) is 4.36. The van der Waals surface area contributed by atoms with Crippen LogP contribution >= 0.6 is 0 Å². The van der Waals surface area contributed by atoms with Crippen LogP contribution in [0.2, 0.25) is 0 Å². The van der Waals surface area contributed by atoms with E-state index in [-0.39, 0.29) is 0 Å². The predicted octanol–water partition coefficient (Wildman–Crippen LogP) is 3.48. The Hall–Kier alpha value is -2.89. The fraction of sp³-hybridized carbons (Fsp3) is 0.350. The molecule has 0 spiro atoms. The summed E-state index contributed by atoms with van der Waals surface area (Å²) in [5.41, 5.74) is 4.16. The maximum absolute atomic E-state index is 7.02. The van der Waals surface area contributed by atoms with Crippen molar-refractivity contribution < 1.29 is 0 Å². The monoisotopic (exact) mass is 348 g/mol. The molecule has 2 aromatic rings. The molecule has 6 heteroatoms. The van der Waals surface area contributed by atoms with Crippen molar-refractivity contribution in [2.75, 3.05) is 18.5 Å². The highest BCUT2D eigenvalue weighted by Gasteiger charge is 2.21. The Bertz CT molecular complexity index is 826. The van der Waals surface area contributed by atoms with Crippen molar-refractivity contribution in [3.63, 3.8) is 0 Å². The zero-order valence-electron chi connectivity index (χ0n) is 15.3. The predicted molar refractivity (Wildman–Crippen MR) is 106 cm³/mol. The summed E-state index contributed by atoms with van der Waals surface area (Å²) in [6, 6.07) is 5.81. The quantitative estimate of drug-likeness (QED) is 0.811. The Kier molecular flexibility index (Phi) is 5.84. The van der Waals surface area contributed by atoms with E-state index >= 15 is 0 Å². The highest BCUT2D eigenvalue weighted by atomic mass is 15.2. The molecule has 0 saturated heterocycles. The average molecular weight is 348 g/mol. The molecule has 0 aromatic carbocycles. The first kappa shape index (κ1) is 17.9. The molecule has 0 unspecified atom stereocenters. The average Bonchev–Trinajstić information content (AvgIpc) is 2.68. The maximum atomic E-state index is 7.02. The first-order valence-electron chi connectivity index (χ1n) is 8.90. The molecule has 0 amide bonds. The van der Waals surface area contributed by atoms with Crippen molar-refractivity contribution in [2.45, 2.75) is 32.6 Å². The first-order chi connectivity index (χ1) is 12.7. The molecule has 3 rings (SSSR count). The van der Waals surface area contributed by atoms with Crippen molar-refractivity contribution in [2.24, 2.45) is 4.99 Å². The molecular formula is C20H24N6. The SMILES string of the molecule is CC(CN(C)c1nc(-c2ccccn2)nc2c1CCCC2)=N/C=C\C=N. The summed E-state index contributed by atoms with van der Waals surface area (Å²) in [4.78, 5) is 20.6. The number of hydrogen-bond donors (Lipinski definition) is 1. The molecule has 0 bridgehead atoms. The number of fused-ring (bicyclic) bond motifs is 1. The van der Waals surface area contributed by atoms with Gasteiger partial charge in [0.05, 0.1) is 6.54 Å². The van der Waals surface area contributed by atoms with Crippen LogP contribution < -0.4 is 4.90 Å². The first-order valence-corrected chi connectivity index (χ1v) is 8.90. The fourth-order valence-corrected chi connectivity index (χ4v) is 3.17. The largest absolute Gasteiger partial charge is 0.354 e. The lowest BCUT2D eigenvalue weighted by molar-refractivity contribution is 0.661. The van der Waals surface area contributed by atoms with Gasteiger partial charge in [0.1, 0.15) is 11.5 Å². The second-order valence-corrected chi connectivity index (χ2v) is 6.45. The van der Waals surface area contributed by atoms with Gasteiger partial charge < -0.3 is 10.3 Å². The summed E-state index contributed by atoms with van der Waals surface area (Å²) in [7, 11) is 2.04. The zero-order chi connectivity index (χ0) is 18.4. The number of pyridine rings is 1. The van der Waals surface area contributed by atoms with E-state index in [2.05, 4.69) is 14.9 Å². The Morgan fingerprint density at radius 2 is 2.12 bits per heavy atom. The second kappa shape index (κ2) is 8.47. The molecule has 0 fully saturated rings. The van der Waals surface area contributed by atoms with E-state index in [1.165, 1.54) is 24.6 Å². The molecule has 2 heterocycles. The molecule has 1 aliphatic rings. The van der Waals surface area contributed by atoms with Gasteiger partial charge >= 0.3 is 0 Å². The number of aryl methyl sites for hydroxylation is 1. The third kappa shape index (κ3) is 4.20. The van der Waals surface area contributed by atoms with Crippen LogP contribution in [0.1, 0.15) is 31.0 Å². The van der Waals surface area contributed by atoms with E-state index in [0.717, 1.165) is 35.8 Å². The third-order valence-electron chi connectivity index (χ3n) is 4.36. The van der Waals surface area contributed by atoms with Gasteiger partial charge in [-0.1, -0.05) is 6.07 Å². The number of allylic oxidation sites excluding steroid dienone is 1. The van der Waals surface area contributed by atoms with E-state index in [0.29, 0.717) is 12.4 Å². The minimum atomic E-state index is 0.674. The number of aliphatic imine (C=N–C) groups is 1. The number of hydrogen-bond acceptors (Lipinski definition) is 6. The lowest BCUT2D eigenvalue weighted by atomic mass is 9.96. The van der Waals surface area contributed by atoms with Crippen molar-refractivity contribution in [3.05, 3.63) is 47.9 Å². The topological polar surface area (TPSA) is 78.1 Å². The number of nitrogens with one attached hydrogen (secondary N) is 1. The van der Waals surface area contributed by atoms with Gasteiger partial charge in [0.2, 0.25) is 0 Å². The highest BCUT2D eigenvalue weighted by molar-refractivity contribution is 5.87. The summed E-state index contributed by atoms with van der Waals surface area (Å²) in [6.07, 6.45) is 10.6. The van der Waals surface area contributed by atoms with Crippen LogP contribution in [0.25, 0.3) is 11.5 Å². The summed E-state index contributed by atoms with van der Waals surface area (Å²) < 4.78 is 0. The number of anilines is 1. The summed E-state index contributed by atoms with van der Waals surface area (Å²) in [6.45, 7) is 2.66. The van der Waals surface area contributed by atoms with Gasteiger partial charge in [-0.05, 0) is 50.8 Å². The van der Waals surface area contributed by atoms with Crippen LogP contribution in [0, 0.1) is 5.41 Å². The van der Waals surface area contributed by atoms with Gasteiger partial charge in [0, 0.05) is 42.6 Å². The molecule has 1 N–H and O–H groups in total. The number of rotatable bonds is 6. The van der Waals surface area contributed by atoms with Crippen molar-refractivity contribution in [1.29, 1.82) is 5.41 Å². The molecule has 0 atom stereocenters. The minimum absolute atomic E-state index is 0.674. The smallest absolute Gasteiger partial charge is 0.180 e. The van der Waals surface area contributed by atoms with Gasteiger partial charge in [-0.3, -0.25) is 9.98 Å². The normalized spacial score (nSPS) is 14.3.